The second-order valence-electron chi connectivity index (χ2n) is 3.21. The largest absolute Gasteiger partial charge is 0.137 e. The van der Waals surface area contributed by atoms with Crippen molar-refractivity contribution in [3.8, 4) is 12.3 Å². The molecule has 47 valence electrons. The number of terminal acetylenes is 1. The molecule has 1 radical (unpaired) electrons. The summed E-state index contributed by atoms with van der Waals surface area (Å²) in [7, 11) is 2.28. The van der Waals surface area contributed by atoms with E-state index in [-0.39, 0.29) is 5.31 Å². The molecular formula is C8H12B. The van der Waals surface area contributed by atoms with Crippen LogP contribution in [0.15, 0.2) is 0 Å². The molecule has 0 saturated heterocycles. The Morgan fingerprint density at radius 2 is 2.11 bits per heavy atom. The van der Waals surface area contributed by atoms with E-state index >= 15 is 0 Å². The van der Waals surface area contributed by atoms with Crippen molar-refractivity contribution in [3.05, 3.63) is 0 Å². The minimum atomic E-state index is 0.216. The molecule has 0 unspecified atom stereocenters. The topological polar surface area (TPSA) is 0 Å². The zero-order chi connectivity index (χ0) is 6.91. The van der Waals surface area contributed by atoms with Gasteiger partial charge in [-0.1, -0.05) is 19.7 Å². The number of hydrogen-bond donors (Lipinski definition) is 0. The molecule has 0 atom stereocenters. The average molecular weight is 119 g/mol. The van der Waals surface area contributed by atoms with Crippen molar-refractivity contribution in [3.63, 3.8) is 0 Å². The fraction of sp³-hybridized carbons (Fsp3) is 0.750. The molecule has 0 spiro atoms. The lowest BCUT2D eigenvalue weighted by Gasteiger charge is -2.06. The summed E-state index contributed by atoms with van der Waals surface area (Å²) in [6, 6.07) is 0. The van der Waals surface area contributed by atoms with Gasteiger partial charge < -0.3 is 0 Å². The van der Waals surface area contributed by atoms with Crippen LogP contribution in [0.25, 0.3) is 0 Å². The standard InChI is InChI=1S/C8H12B/c1-4-8(5-6-8)9-7(2)3/h1,7H,5-6H2,2-3H3. The van der Waals surface area contributed by atoms with Crippen LogP contribution in [0.4, 0.5) is 0 Å². The molecule has 0 bridgehead atoms. The van der Waals surface area contributed by atoms with E-state index in [1.807, 2.05) is 0 Å². The molecule has 9 heavy (non-hydrogen) atoms. The molecule has 0 amide bonds. The second kappa shape index (κ2) is 2.10. The van der Waals surface area contributed by atoms with Crippen molar-refractivity contribution in [1.29, 1.82) is 0 Å². The first-order chi connectivity index (χ1) is 4.18. The van der Waals surface area contributed by atoms with Gasteiger partial charge in [-0.15, -0.1) is 12.3 Å². The van der Waals surface area contributed by atoms with E-state index in [1.54, 1.807) is 0 Å². The molecule has 0 nitrogen and oxygen atoms in total. The quantitative estimate of drug-likeness (QED) is 0.385. The number of rotatable bonds is 2. The van der Waals surface area contributed by atoms with E-state index in [9.17, 15) is 0 Å². The minimum Gasteiger partial charge on any atom is -0.120 e. The van der Waals surface area contributed by atoms with Gasteiger partial charge in [-0.05, 0) is 12.8 Å². The predicted molar refractivity (Wildman–Crippen MR) is 41.6 cm³/mol. The Hall–Kier alpha value is -0.375. The molecule has 0 heterocycles. The maximum Gasteiger partial charge on any atom is 0.137 e. The van der Waals surface area contributed by atoms with Gasteiger partial charge in [0.15, 0.2) is 0 Å². The first-order valence-corrected chi connectivity index (χ1v) is 3.52. The van der Waals surface area contributed by atoms with E-state index in [0.717, 1.165) is 0 Å². The van der Waals surface area contributed by atoms with Crippen molar-refractivity contribution >= 4 is 7.28 Å². The highest BCUT2D eigenvalue weighted by atomic mass is 14.3. The Bertz CT molecular complexity index is 137. The predicted octanol–water partition coefficient (Wildman–Crippen LogP) is 2.10. The van der Waals surface area contributed by atoms with Crippen LogP contribution in [0.2, 0.25) is 11.1 Å². The second-order valence-corrected chi connectivity index (χ2v) is 3.21. The van der Waals surface area contributed by atoms with E-state index in [4.69, 9.17) is 6.42 Å². The van der Waals surface area contributed by atoms with E-state index in [1.165, 1.54) is 12.8 Å². The van der Waals surface area contributed by atoms with Crippen LogP contribution < -0.4 is 0 Å². The van der Waals surface area contributed by atoms with Gasteiger partial charge in [0.05, 0.1) is 0 Å². The first kappa shape index (κ1) is 6.74. The van der Waals surface area contributed by atoms with Gasteiger partial charge in [-0.2, -0.15) is 0 Å². The Morgan fingerprint density at radius 1 is 1.56 bits per heavy atom. The lowest BCUT2D eigenvalue weighted by molar-refractivity contribution is 1.01. The summed E-state index contributed by atoms with van der Waals surface area (Å²) < 4.78 is 0. The summed E-state index contributed by atoms with van der Waals surface area (Å²) in [6.07, 6.45) is 7.76. The lowest BCUT2D eigenvalue weighted by atomic mass is 9.54. The lowest BCUT2D eigenvalue weighted by Crippen LogP contribution is -2.04. The van der Waals surface area contributed by atoms with Crippen molar-refractivity contribution in [1.82, 2.24) is 0 Å². The van der Waals surface area contributed by atoms with Crippen molar-refractivity contribution in [2.24, 2.45) is 0 Å². The van der Waals surface area contributed by atoms with Crippen LogP contribution in [-0.4, -0.2) is 7.28 Å². The van der Waals surface area contributed by atoms with Crippen LogP contribution in [0.1, 0.15) is 26.7 Å². The van der Waals surface area contributed by atoms with Crippen LogP contribution in [0.5, 0.6) is 0 Å². The van der Waals surface area contributed by atoms with Gasteiger partial charge in [0.2, 0.25) is 0 Å². The molecule has 0 aromatic carbocycles. The van der Waals surface area contributed by atoms with Crippen molar-refractivity contribution in [2.75, 3.05) is 0 Å². The molecule has 1 fully saturated rings. The van der Waals surface area contributed by atoms with Crippen LogP contribution >= 0.6 is 0 Å². The van der Waals surface area contributed by atoms with Gasteiger partial charge in [0, 0.05) is 5.31 Å². The molecule has 0 N–H and O–H groups in total. The fourth-order valence-electron chi connectivity index (χ4n) is 1.13. The smallest absolute Gasteiger partial charge is 0.120 e. The van der Waals surface area contributed by atoms with Gasteiger partial charge in [-0.25, -0.2) is 0 Å². The summed E-state index contributed by atoms with van der Waals surface area (Å²) in [5.74, 6) is 3.47. The maximum atomic E-state index is 5.34. The summed E-state index contributed by atoms with van der Waals surface area (Å²) in [5, 5.41) is 0.216. The van der Waals surface area contributed by atoms with Crippen molar-refractivity contribution < 1.29 is 0 Å². The molecule has 1 aliphatic carbocycles. The third-order valence-corrected chi connectivity index (χ3v) is 1.73. The van der Waals surface area contributed by atoms with Crippen LogP contribution in [-0.2, 0) is 0 Å². The van der Waals surface area contributed by atoms with E-state index in [0.29, 0.717) is 5.82 Å². The Kier molecular flexibility index (Phi) is 1.57. The Labute approximate surface area is 58.3 Å². The molecule has 1 heteroatoms. The highest BCUT2D eigenvalue weighted by Gasteiger charge is 2.41. The van der Waals surface area contributed by atoms with Crippen molar-refractivity contribution in [2.45, 2.75) is 37.8 Å². The zero-order valence-corrected chi connectivity index (χ0v) is 6.15. The first-order valence-electron chi connectivity index (χ1n) is 3.52. The SMILES string of the molecule is C#CC1([B]C(C)C)CC1. The van der Waals surface area contributed by atoms with E-state index < -0.39 is 0 Å². The Balaban J connectivity index is 2.36. The molecule has 1 aliphatic rings. The van der Waals surface area contributed by atoms with Gasteiger partial charge in [0.25, 0.3) is 0 Å². The summed E-state index contributed by atoms with van der Waals surface area (Å²) in [6.45, 7) is 4.36. The molecule has 1 rings (SSSR count). The maximum absolute atomic E-state index is 5.34. The van der Waals surface area contributed by atoms with Gasteiger partial charge in [0.1, 0.15) is 7.28 Å². The normalized spacial score (nSPS) is 21.1. The summed E-state index contributed by atoms with van der Waals surface area (Å²) in [4.78, 5) is 0. The highest BCUT2D eigenvalue weighted by Crippen LogP contribution is 2.53. The third kappa shape index (κ3) is 1.51. The monoisotopic (exact) mass is 119 g/mol. The average Bonchev–Trinajstić information content (AvgIpc) is 2.48. The fourth-order valence-corrected chi connectivity index (χ4v) is 1.13. The highest BCUT2D eigenvalue weighted by molar-refractivity contribution is 6.44. The summed E-state index contributed by atoms with van der Waals surface area (Å²) in [5.41, 5.74) is 0. The van der Waals surface area contributed by atoms with E-state index in [2.05, 4.69) is 27.0 Å². The molecule has 0 aliphatic heterocycles. The minimum absolute atomic E-state index is 0.216. The molecule has 0 aromatic heterocycles. The van der Waals surface area contributed by atoms with Crippen LogP contribution in [0.3, 0.4) is 0 Å². The molecule has 0 aromatic rings. The Morgan fingerprint density at radius 3 is 2.22 bits per heavy atom. The summed E-state index contributed by atoms with van der Waals surface area (Å²) >= 11 is 0. The molecule has 1 saturated carbocycles. The van der Waals surface area contributed by atoms with Gasteiger partial charge in [-0.3, -0.25) is 0 Å². The van der Waals surface area contributed by atoms with Crippen LogP contribution in [0, 0.1) is 12.3 Å². The zero-order valence-electron chi connectivity index (χ0n) is 6.15. The number of hydrogen-bond acceptors (Lipinski definition) is 0. The van der Waals surface area contributed by atoms with Gasteiger partial charge >= 0.3 is 0 Å². The third-order valence-electron chi connectivity index (χ3n) is 1.73. The molecular weight excluding hydrogens is 107 g/mol.